The minimum absolute atomic E-state index is 0.556. The summed E-state index contributed by atoms with van der Waals surface area (Å²) in [6.45, 7) is 6.24. The van der Waals surface area contributed by atoms with Crippen molar-refractivity contribution in [2.75, 3.05) is 18.0 Å². The van der Waals surface area contributed by atoms with E-state index >= 15 is 0 Å². The molecule has 1 heterocycles. The van der Waals surface area contributed by atoms with Gasteiger partial charge in [0.1, 0.15) is 5.15 Å². The number of anilines is 1. The predicted octanol–water partition coefficient (Wildman–Crippen LogP) is 3.73. The highest BCUT2D eigenvalue weighted by Crippen LogP contribution is 2.28. The molecule has 16 heavy (non-hydrogen) atoms. The Kier molecular flexibility index (Phi) is 3.30. The minimum Gasteiger partial charge on any atom is -0.371 e. The van der Waals surface area contributed by atoms with E-state index in [0.29, 0.717) is 5.15 Å². The lowest BCUT2D eigenvalue weighted by atomic mass is 10.1. The van der Waals surface area contributed by atoms with Crippen molar-refractivity contribution in [2.24, 2.45) is 0 Å². The van der Waals surface area contributed by atoms with Gasteiger partial charge in [-0.25, -0.2) is 4.98 Å². The molecule has 1 aromatic heterocycles. The maximum Gasteiger partial charge on any atom is 0.131 e. The highest BCUT2D eigenvalue weighted by atomic mass is 35.5. The Balaban J connectivity index is 2.66. The van der Waals surface area contributed by atoms with Crippen molar-refractivity contribution in [1.29, 1.82) is 0 Å². The van der Waals surface area contributed by atoms with Crippen LogP contribution in [-0.4, -0.2) is 18.1 Å². The SMILES string of the molecule is CCN(CC)c1cc(Cl)nc2ccccc12. The third kappa shape index (κ3) is 1.98. The fourth-order valence-corrected chi connectivity index (χ4v) is 2.15. The van der Waals surface area contributed by atoms with Crippen LogP contribution in [0.2, 0.25) is 5.15 Å². The van der Waals surface area contributed by atoms with Gasteiger partial charge in [0.15, 0.2) is 0 Å². The Bertz CT molecular complexity index is 492. The molecule has 0 unspecified atom stereocenters. The normalized spacial score (nSPS) is 10.7. The van der Waals surface area contributed by atoms with E-state index in [4.69, 9.17) is 11.6 Å². The van der Waals surface area contributed by atoms with Crippen LogP contribution in [0.3, 0.4) is 0 Å². The lowest BCUT2D eigenvalue weighted by Gasteiger charge is -2.22. The van der Waals surface area contributed by atoms with Crippen LogP contribution in [0.25, 0.3) is 10.9 Å². The van der Waals surface area contributed by atoms with Crippen LogP contribution in [-0.2, 0) is 0 Å². The van der Waals surface area contributed by atoms with E-state index in [2.05, 4.69) is 29.8 Å². The van der Waals surface area contributed by atoms with E-state index in [-0.39, 0.29) is 0 Å². The van der Waals surface area contributed by atoms with E-state index < -0.39 is 0 Å². The highest BCUT2D eigenvalue weighted by molar-refractivity contribution is 6.30. The molecule has 84 valence electrons. The van der Waals surface area contributed by atoms with Crippen molar-refractivity contribution in [2.45, 2.75) is 13.8 Å². The Morgan fingerprint density at radius 1 is 1.19 bits per heavy atom. The van der Waals surface area contributed by atoms with Gasteiger partial charge >= 0.3 is 0 Å². The van der Waals surface area contributed by atoms with E-state index in [0.717, 1.165) is 24.0 Å². The maximum absolute atomic E-state index is 6.04. The molecular formula is C13H15ClN2. The monoisotopic (exact) mass is 234 g/mol. The summed E-state index contributed by atoms with van der Waals surface area (Å²) in [5.41, 5.74) is 2.12. The van der Waals surface area contributed by atoms with Gasteiger partial charge in [-0.05, 0) is 26.0 Å². The third-order valence-corrected chi connectivity index (χ3v) is 2.96. The number of benzene rings is 1. The first-order valence-corrected chi connectivity index (χ1v) is 5.94. The quantitative estimate of drug-likeness (QED) is 0.753. The van der Waals surface area contributed by atoms with Crippen LogP contribution in [0, 0.1) is 0 Å². The summed E-state index contributed by atoms with van der Waals surface area (Å²) < 4.78 is 0. The van der Waals surface area contributed by atoms with E-state index in [1.807, 2.05) is 24.3 Å². The van der Waals surface area contributed by atoms with Crippen LogP contribution in [0.15, 0.2) is 30.3 Å². The molecule has 0 aliphatic rings. The van der Waals surface area contributed by atoms with Gasteiger partial charge in [-0.3, -0.25) is 0 Å². The summed E-state index contributed by atoms with van der Waals surface area (Å²) in [5, 5.41) is 1.72. The summed E-state index contributed by atoms with van der Waals surface area (Å²) in [5.74, 6) is 0. The summed E-state index contributed by atoms with van der Waals surface area (Å²) >= 11 is 6.04. The second-order valence-electron chi connectivity index (χ2n) is 3.65. The van der Waals surface area contributed by atoms with Crippen LogP contribution >= 0.6 is 11.6 Å². The molecule has 0 amide bonds. The number of aromatic nitrogens is 1. The lowest BCUT2D eigenvalue weighted by molar-refractivity contribution is 0.870. The molecule has 0 aliphatic heterocycles. The minimum atomic E-state index is 0.556. The number of rotatable bonds is 3. The number of halogens is 1. The molecule has 0 spiro atoms. The number of hydrogen-bond acceptors (Lipinski definition) is 2. The number of nitrogens with zero attached hydrogens (tertiary/aromatic N) is 2. The zero-order valence-corrected chi connectivity index (χ0v) is 10.3. The fourth-order valence-electron chi connectivity index (χ4n) is 1.95. The highest BCUT2D eigenvalue weighted by Gasteiger charge is 2.08. The molecule has 0 saturated heterocycles. The zero-order chi connectivity index (χ0) is 11.5. The number of pyridine rings is 1. The molecule has 0 saturated carbocycles. The average molecular weight is 235 g/mol. The first-order valence-electron chi connectivity index (χ1n) is 5.56. The summed E-state index contributed by atoms with van der Waals surface area (Å²) in [4.78, 5) is 6.61. The van der Waals surface area contributed by atoms with Gasteiger partial charge in [0.05, 0.1) is 5.52 Å². The second kappa shape index (κ2) is 4.71. The molecule has 2 rings (SSSR count). The Morgan fingerprint density at radius 3 is 2.56 bits per heavy atom. The standard InChI is InChI=1S/C13H15ClN2/c1-3-16(4-2)12-9-13(14)15-11-8-6-5-7-10(11)12/h5-9H,3-4H2,1-2H3. The molecule has 0 fully saturated rings. The Morgan fingerprint density at radius 2 is 1.88 bits per heavy atom. The van der Waals surface area contributed by atoms with E-state index in [1.165, 1.54) is 5.69 Å². The number of para-hydroxylation sites is 1. The van der Waals surface area contributed by atoms with E-state index in [9.17, 15) is 0 Å². The summed E-state index contributed by atoms with van der Waals surface area (Å²) in [6.07, 6.45) is 0. The van der Waals surface area contributed by atoms with Gasteiger partial charge in [0, 0.05) is 24.2 Å². The van der Waals surface area contributed by atoms with Crippen LogP contribution in [0.1, 0.15) is 13.8 Å². The van der Waals surface area contributed by atoms with Crippen LogP contribution in [0.5, 0.6) is 0 Å². The van der Waals surface area contributed by atoms with Gasteiger partial charge in [-0.2, -0.15) is 0 Å². The lowest BCUT2D eigenvalue weighted by Crippen LogP contribution is -2.22. The molecule has 2 aromatic rings. The molecule has 2 nitrogen and oxygen atoms in total. The molecular weight excluding hydrogens is 220 g/mol. The van der Waals surface area contributed by atoms with Crippen LogP contribution in [0.4, 0.5) is 5.69 Å². The predicted molar refractivity (Wildman–Crippen MR) is 70.3 cm³/mol. The van der Waals surface area contributed by atoms with Crippen molar-refractivity contribution in [3.05, 3.63) is 35.5 Å². The molecule has 0 N–H and O–H groups in total. The first-order chi connectivity index (χ1) is 7.76. The summed E-state index contributed by atoms with van der Waals surface area (Å²) in [7, 11) is 0. The largest absolute Gasteiger partial charge is 0.371 e. The number of fused-ring (bicyclic) bond motifs is 1. The van der Waals surface area contributed by atoms with Crippen molar-refractivity contribution in [3.8, 4) is 0 Å². The van der Waals surface area contributed by atoms with Crippen molar-refractivity contribution >= 4 is 28.2 Å². The maximum atomic E-state index is 6.04. The van der Waals surface area contributed by atoms with Crippen LogP contribution < -0.4 is 4.90 Å². The zero-order valence-electron chi connectivity index (χ0n) is 9.57. The average Bonchev–Trinajstić information content (AvgIpc) is 2.30. The molecule has 0 radical (unpaired) electrons. The van der Waals surface area contributed by atoms with Gasteiger partial charge in [-0.15, -0.1) is 0 Å². The molecule has 0 bridgehead atoms. The van der Waals surface area contributed by atoms with Gasteiger partial charge in [0.25, 0.3) is 0 Å². The third-order valence-electron chi connectivity index (χ3n) is 2.77. The molecule has 0 atom stereocenters. The molecule has 0 aliphatic carbocycles. The molecule has 3 heteroatoms. The van der Waals surface area contributed by atoms with Gasteiger partial charge < -0.3 is 4.90 Å². The second-order valence-corrected chi connectivity index (χ2v) is 4.04. The molecule has 1 aromatic carbocycles. The van der Waals surface area contributed by atoms with Crippen molar-refractivity contribution < 1.29 is 0 Å². The smallest absolute Gasteiger partial charge is 0.131 e. The van der Waals surface area contributed by atoms with Gasteiger partial charge in [-0.1, -0.05) is 29.8 Å². The van der Waals surface area contributed by atoms with Gasteiger partial charge in [0.2, 0.25) is 0 Å². The first kappa shape index (κ1) is 11.2. The Labute approximate surface area is 101 Å². The topological polar surface area (TPSA) is 16.1 Å². The van der Waals surface area contributed by atoms with Crippen molar-refractivity contribution in [1.82, 2.24) is 4.98 Å². The fraction of sp³-hybridized carbons (Fsp3) is 0.308. The van der Waals surface area contributed by atoms with E-state index in [1.54, 1.807) is 0 Å². The summed E-state index contributed by atoms with van der Waals surface area (Å²) in [6, 6.07) is 10.0. The Hall–Kier alpha value is -1.28. The number of hydrogen-bond donors (Lipinski definition) is 0. The van der Waals surface area contributed by atoms with Crippen molar-refractivity contribution in [3.63, 3.8) is 0 Å².